The monoisotopic (exact) mass is 248 g/mol. The first kappa shape index (κ1) is 12.3. The van der Waals surface area contributed by atoms with Crippen LogP contribution in [0.5, 0.6) is 0 Å². The van der Waals surface area contributed by atoms with Gasteiger partial charge < -0.3 is 0 Å². The zero-order valence-corrected chi connectivity index (χ0v) is 7.29. The highest BCUT2D eigenvalue weighted by Gasteiger charge is 2.43. The Kier molecular flexibility index (Phi) is 3.63. The maximum Gasteiger partial charge on any atom is 0.429 e. The van der Waals surface area contributed by atoms with Gasteiger partial charge in [0, 0.05) is 0 Å². The van der Waals surface area contributed by atoms with Crippen molar-refractivity contribution in [2.75, 3.05) is 0 Å². The number of alkyl halides is 6. The standard InChI is InChI=1S/C4Cl3F5/c5-1(4(10,11)12)2(8)3(6,7)9. The number of halogens is 8. The zero-order valence-electron chi connectivity index (χ0n) is 5.02. The SMILES string of the molecule is FC(=C(Cl)C(F)(F)F)C(F)(Cl)Cl. The molecule has 0 saturated heterocycles. The summed E-state index contributed by atoms with van der Waals surface area (Å²) in [7, 11) is 0. The molecule has 0 aromatic carbocycles. The number of allylic oxidation sites excluding steroid dienone is 2. The van der Waals surface area contributed by atoms with Gasteiger partial charge in [-0.15, -0.1) is 0 Å². The summed E-state index contributed by atoms with van der Waals surface area (Å²) in [5.41, 5.74) is 0. The molecule has 0 atom stereocenters. The third kappa shape index (κ3) is 3.33. The van der Waals surface area contributed by atoms with E-state index in [1.165, 1.54) is 0 Å². The van der Waals surface area contributed by atoms with Crippen LogP contribution in [0.15, 0.2) is 10.9 Å². The minimum absolute atomic E-state index is 2.31. The maximum absolute atomic E-state index is 12.2. The lowest BCUT2D eigenvalue weighted by atomic mass is 10.4. The fourth-order valence-electron chi connectivity index (χ4n) is 0.249. The van der Waals surface area contributed by atoms with Gasteiger partial charge in [-0.2, -0.15) is 17.6 Å². The Hall–Kier alpha value is 0.260. The Morgan fingerprint density at radius 2 is 1.33 bits per heavy atom. The largest absolute Gasteiger partial charge is 0.429 e. The highest BCUT2D eigenvalue weighted by molar-refractivity contribution is 6.49. The molecule has 0 unspecified atom stereocenters. The van der Waals surface area contributed by atoms with Crippen LogP contribution in [0, 0.1) is 0 Å². The van der Waals surface area contributed by atoms with Crippen LogP contribution < -0.4 is 0 Å². The number of rotatable bonds is 1. The Morgan fingerprint density at radius 1 is 1.00 bits per heavy atom. The lowest BCUT2D eigenvalue weighted by Gasteiger charge is -2.10. The van der Waals surface area contributed by atoms with Gasteiger partial charge in [0.1, 0.15) is 0 Å². The Morgan fingerprint density at radius 3 is 1.42 bits per heavy atom. The fraction of sp³-hybridized carbons (Fsp3) is 0.500. The molecule has 0 nitrogen and oxygen atoms in total. The second kappa shape index (κ2) is 3.55. The molecule has 0 spiro atoms. The molecule has 0 radical (unpaired) electrons. The predicted molar refractivity (Wildman–Crippen MR) is 35.6 cm³/mol. The van der Waals surface area contributed by atoms with Gasteiger partial charge in [-0.1, -0.05) is 34.8 Å². The fourth-order valence-corrected chi connectivity index (χ4v) is 0.665. The van der Waals surface area contributed by atoms with Crippen LogP contribution in [-0.2, 0) is 0 Å². The molecule has 0 bridgehead atoms. The van der Waals surface area contributed by atoms with Gasteiger partial charge in [-0.25, -0.2) is 4.39 Å². The molecular formula is C4Cl3F5. The van der Waals surface area contributed by atoms with E-state index in [0.29, 0.717) is 0 Å². The molecular weight excluding hydrogens is 249 g/mol. The van der Waals surface area contributed by atoms with E-state index >= 15 is 0 Å². The molecule has 0 aliphatic rings. The summed E-state index contributed by atoms with van der Waals surface area (Å²) in [6.07, 6.45) is -5.20. The van der Waals surface area contributed by atoms with Gasteiger partial charge in [0.05, 0.1) is 0 Å². The molecule has 0 heterocycles. The van der Waals surface area contributed by atoms with E-state index in [2.05, 4.69) is 34.8 Å². The van der Waals surface area contributed by atoms with Crippen molar-refractivity contribution in [1.29, 1.82) is 0 Å². The molecule has 8 heteroatoms. The van der Waals surface area contributed by atoms with Crippen molar-refractivity contribution in [3.05, 3.63) is 10.9 Å². The van der Waals surface area contributed by atoms with Crippen LogP contribution >= 0.6 is 34.8 Å². The minimum atomic E-state index is -5.20. The lowest BCUT2D eigenvalue weighted by Crippen LogP contribution is -2.15. The molecule has 0 rings (SSSR count). The summed E-state index contributed by atoms with van der Waals surface area (Å²) >= 11 is 13.1. The number of hydrogen-bond donors (Lipinski definition) is 0. The third-order valence-electron chi connectivity index (χ3n) is 0.690. The van der Waals surface area contributed by atoms with Gasteiger partial charge in [-0.05, 0) is 0 Å². The summed E-state index contributed by atoms with van der Waals surface area (Å²) in [4.78, 5) is 0. The Balaban J connectivity index is 4.96. The van der Waals surface area contributed by atoms with Gasteiger partial charge in [0.2, 0.25) is 0 Å². The first-order valence-corrected chi connectivity index (χ1v) is 3.40. The van der Waals surface area contributed by atoms with Crippen LogP contribution in [0.4, 0.5) is 22.0 Å². The molecule has 0 aliphatic carbocycles. The van der Waals surface area contributed by atoms with Crippen molar-refractivity contribution in [3.63, 3.8) is 0 Å². The maximum atomic E-state index is 12.2. The van der Waals surface area contributed by atoms with Crippen LogP contribution in [0.3, 0.4) is 0 Å². The molecule has 0 aromatic rings. The molecule has 72 valence electrons. The van der Waals surface area contributed by atoms with E-state index in [4.69, 9.17) is 0 Å². The first-order chi connectivity index (χ1) is 5.07. The second-order valence-electron chi connectivity index (χ2n) is 1.62. The average molecular weight is 249 g/mol. The molecule has 12 heavy (non-hydrogen) atoms. The van der Waals surface area contributed by atoms with Crippen molar-refractivity contribution in [2.24, 2.45) is 0 Å². The molecule has 0 aromatic heterocycles. The van der Waals surface area contributed by atoms with E-state index in [0.717, 1.165) is 0 Å². The van der Waals surface area contributed by atoms with Crippen LogP contribution in [0.2, 0.25) is 0 Å². The molecule has 0 saturated carbocycles. The third-order valence-corrected chi connectivity index (χ3v) is 1.40. The van der Waals surface area contributed by atoms with Gasteiger partial charge >= 0.3 is 10.8 Å². The lowest BCUT2D eigenvalue weighted by molar-refractivity contribution is -0.0868. The topological polar surface area (TPSA) is 0 Å². The second-order valence-corrected chi connectivity index (χ2v) is 3.24. The van der Waals surface area contributed by atoms with E-state index in [-0.39, 0.29) is 0 Å². The Labute approximate surface area is 78.9 Å². The summed E-state index contributed by atoms with van der Waals surface area (Å²) < 4.78 is 55.1. The van der Waals surface area contributed by atoms with Gasteiger partial charge in [-0.3, -0.25) is 0 Å². The van der Waals surface area contributed by atoms with Crippen LogP contribution in [0.1, 0.15) is 0 Å². The van der Waals surface area contributed by atoms with Crippen molar-refractivity contribution < 1.29 is 22.0 Å². The van der Waals surface area contributed by atoms with Crippen LogP contribution in [0.25, 0.3) is 0 Å². The summed E-state index contributed by atoms with van der Waals surface area (Å²) in [6, 6.07) is 0. The normalized spacial score (nSPS) is 16.0. The molecule has 0 N–H and O–H groups in total. The smallest absolute Gasteiger partial charge is 0.204 e. The number of hydrogen-bond acceptors (Lipinski definition) is 0. The van der Waals surface area contributed by atoms with Crippen molar-refractivity contribution >= 4 is 34.8 Å². The summed E-state index contributed by atoms with van der Waals surface area (Å²) in [6.45, 7) is 0. The van der Waals surface area contributed by atoms with Gasteiger partial charge in [0.25, 0.3) is 0 Å². The first-order valence-electron chi connectivity index (χ1n) is 2.26. The van der Waals surface area contributed by atoms with Crippen molar-refractivity contribution in [1.82, 2.24) is 0 Å². The van der Waals surface area contributed by atoms with Crippen LogP contribution in [-0.4, -0.2) is 10.8 Å². The molecule has 0 aliphatic heterocycles. The van der Waals surface area contributed by atoms with Crippen molar-refractivity contribution in [2.45, 2.75) is 10.8 Å². The van der Waals surface area contributed by atoms with E-state index in [1.807, 2.05) is 0 Å². The minimum Gasteiger partial charge on any atom is -0.204 e. The van der Waals surface area contributed by atoms with Gasteiger partial charge in [0.15, 0.2) is 10.9 Å². The predicted octanol–water partition coefficient (Wildman–Crippen LogP) is 4.07. The highest BCUT2D eigenvalue weighted by Crippen LogP contribution is 2.41. The Bertz CT molecular complexity index is 178. The average Bonchev–Trinajstić information content (AvgIpc) is 1.80. The molecule has 0 amide bonds. The zero-order chi connectivity index (χ0) is 10.2. The van der Waals surface area contributed by atoms with E-state index in [1.54, 1.807) is 0 Å². The molecule has 0 fully saturated rings. The summed E-state index contributed by atoms with van der Waals surface area (Å²) in [5, 5.41) is -2.31. The summed E-state index contributed by atoms with van der Waals surface area (Å²) in [5.74, 6) is -2.47. The van der Waals surface area contributed by atoms with Crippen molar-refractivity contribution in [3.8, 4) is 0 Å². The quantitative estimate of drug-likeness (QED) is 0.485. The van der Waals surface area contributed by atoms with E-state index in [9.17, 15) is 22.0 Å². The van der Waals surface area contributed by atoms with E-state index < -0.39 is 21.6 Å². The highest BCUT2D eigenvalue weighted by atomic mass is 35.5.